The highest BCUT2D eigenvalue weighted by Crippen LogP contribution is 2.42. The van der Waals surface area contributed by atoms with E-state index in [1.165, 1.54) is 17.7 Å². The quantitative estimate of drug-likeness (QED) is 0.692. The number of aliphatic hydroxyl groups is 2. The van der Waals surface area contributed by atoms with Crippen molar-refractivity contribution in [2.24, 2.45) is 5.92 Å². The molecule has 1 aromatic carbocycles. The Morgan fingerprint density at radius 1 is 1.08 bits per heavy atom. The van der Waals surface area contributed by atoms with Crippen molar-refractivity contribution in [3.05, 3.63) is 35.9 Å². The average Bonchev–Trinajstić information content (AvgIpc) is 3.12. The maximum Gasteiger partial charge on any atom is 0.139 e. The summed E-state index contributed by atoms with van der Waals surface area (Å²) < 4.78 is 0. The largest absolute Gasteiger partial charge is 0.391 e. The van der Waals surface area contributed by atoms with E-state index in [0.29, 0.717) is 25.4 Å². The molecule has 1 unspecified atom stereocenters. The Labute approximate surface area is 153 Å². The minimum absolute atomic E-state index is 0.0542. The van der Waals surface area contributed by atoms with E-state index in [1.807, 2.05) is 30.3 Å². The first kappa shape index (κ1) is 20.0. The lowest BCUT2D eigenvalue weighted by Gasteiger charge is -2.33. The molecule has 0 spiro atoms. The Kier molecular flexibility index (Phi) is 7.07. The first-order chi connectivity index (χ1) is 11.9. The van der Waals surface area contributed by atoms with Gasteiger partial charge in [-0.1, -0.05) is 49.1 Å². The van der Waals surface area contributed by atoms with E-state index in [-0.39, 0.29) is 12.1 Å². The summed E-state index contributed by atoms with van der Waals surface area (Å²) in [6, 6.07) is 10.0. The van der Waals surface area contributed by atoms with Crippen molar-refractivity contribution in [1.82, 2.24) is 0 Å². The molecule has 0 aliphatic heterocycles. The molecular weight excluding hydrogens is 310 g/mol. The van der Waals surface area contributed by atoms with Crippen LogP contribution in [0.4, 0.5) is 0 Å². The number of aliphatic hydroxyl groups excluding tert-OH is 1. The molecule has 0 amide bonds. The summed E-state index contributed by atoms with van der Waals surface area (Å²) in [7, 11) is 0. The number of hydrogen-bond donors (Lipinski definition) is 3. The molecule has 1 fully saturated rings. The zero-order valence-electron chi connectivity index (χ0n) is 16.0. The summed E-state index contributed by atoms with van der Waals surface area (Å²) in [6.07, 6.45) is 5.05. The van der Waals surface area contributed by atoms with Gasteiger partial charge in [0, 0.05) is 6.42 Å². The monoisotopic (exact) mass is 344 g/mol. The van der Waals surface area contributed by atoms with Crippen LogP contribution in [0.5, 0.6) is 0 Å². The van der Waals surface area contributed by atoms with Gasteiger partial charge in [-0.3, -0.25) is 0 Å². The van der Waals surface area contributed by atoms with Crippen LogP contribution in [0.25, 0.3) is 0 Å². The van der Waals surface area contributed by atoms with Gasteiger partial charge >= 0.3 is 0 Å². The summed E-state index contributed by atoms with van der Waals surface area (Å²) >= 11 is 0. The fourth-order valence-corrected chi connectivity index (χ4v) is 3.84. The van der Waals surface area contributed by atoms with Gasteiger partial charge in [0.1, 0.15) is 18.7 Å². The third-order valence-electron chi connectivity index (χ3n) is 5.56. The molecule has 3 heteroatoms. The summed E-state index contributed by atoms with van der Waals surface area (Å²) in [6.45, 7) is 8.06. The van der Waals surface area contributed by atoms with Crippen molar-refractivity contribution in [3.63, 3.8) is 0 Å². The van der Waals surface area contributed by atoms with Crippen molar-refractivity contribution >= 4 is 0 Å². The number of quaternary nitrogens is 1. The molecule has 0 heterocycles. The van der Waals surface area contributed by atoms with Gasteiger partial charge in [-0.2, -0.15) is 0 Å². The van der Waals surface area contributed by atoms with Crippen LogP contribution in [0.3, 0.4) is 0 Å². The molecule has 1 aliphatic rings. The van der Waals surface area contributed by atoms with Crippen LogP contribution in [-0.2, 0) is 5.60 Å². The SMILES string of the molecule is CC(C)(C)[NH+](CC#CC[C@](O)(c1ccccc1)C1CCCC1)CCO. The van der Waals surface area contributed by atoms with E-state index in [1.54, 1.807) is 0 Å². The van der Waals surface area contributed by atoms with Gasteiger partial charge in [0.25, 0.3) is 0 Å². The maximum atomic E-state index is 11.5. The third-order valence-corrected chi connectivity index (χ3v) is 5.56. The van der Waals surface area contributed by atoms with Crippen molar-refractivity contribution < 1.29 is 15.1 Å². The first-order valence-electron chi connectivity index (χ1n) is 9.57. The topological polar surface area (TPSA) is 44.9 Å². The number of rotatable bonds is 6. The van der Waals surface area contributed by atoms with Gasteiger partial charge < -0.3 is 15.1 Å². The standard InChI is InChI=1S/C22H33NO2/c1-21(2,3)23(17-18-24)16-10-9-15-22(25,20-13-7-8-14-20)19-11-5-4-6-12-19/h4-6,11-12,20,24-25H,7-8,13-18H2,1-3H3/p+1/t22-/m0/s1. The van der Waals surface area contributed by atoms with Gasteiger partial charge in [-0.25, -0.2) is 0 Å². The molecular formula is C22H34NO2+. The van der Waals surface area contributed by atoms with Crippen LogP contribution in [0.2, 0.25) is 0 Å². The summed E-state index contributed by atoms with van der Waals surface area (Å²) in [4.78, 5) is 1.27. The van der Waals surface area contributed by atoms with Crippen molar-refractivity contribution in [2.75, 3.05) is 19.7 Å². The van der Waals surface area contributed by atoms with Crippen molar-refractivity contribution in [2.45, 2.75) is 64.0 Å². The van der Waals surface area contributed by atoms with Crippen molar-refractivity contribution in [3.8, 4) is 11.8 Å². The molecule has 0 aromatic heterocycles. The van der Waals surface area contributed by atoms with E-state index in [0.717, 1.165) is 18.4 Å². The smallest absolute Gasteiger partial charge is 0.139 e. The van der Waals surface area contributed by atoms with E-state index in [9.17, 15) is 10.2 Å². The Balaban J connectivity index is 2.11. The van der Waals surface area contributed by atoms with Crippen LogP contribution in [0.15, 0.2) is 30.3 Å². The van der Waals surface area contributed by atoms with Crippen LogP contribution in [-0.4, -0.2) is 35.4 Å². The lowest BCUT2D eigenvalue weighted by molar-refractivity contribution is -0.940. The first-order valence-corrected chi connectivity index (χ1v) is 9.57. The van der Waals surface area contributed by atoms with Crippen molar-refractivity contribution in [1.29, 1.82) is 0 Å². The van der Waals surface area contributed by atoms with Crippen LogP contribution in [0.1, 0.15) is 58.4 Å². The highest BCUT2D eigenvalue weighted by molar-refractivity contribution is 5.26. The Morgan fingerprint density at radius 2 is 1.72 bits per heavy atom. The summed E-state index contributed by atoms with van der Waals surface area (Å²) in [5.74, 6) is 6.83. The van der Waals surface area contributed by atoms with Crippen LogP contribution >= 0.6 is 0 Å². The highest BCUT2D eigenvalue weighted by atomic mass is 16.3. The van der Waals surface area contributed by atoms with Gasteiger partial charge in [0.2, 0.25) is 0 Å². The minimum Gasteiger partial charge on any atom is -0.391 e. The number of nitrogens with one attached hydrogen (secondary N) is 1. The normalized spacial score (nSPS) is 19.1. The molecule has 0 bridgehead atoms. The fraction of sp³-hybridized carbons (Fsp3) is 0.636. The fourth-order valence-electron chi connectivity index (χ4n) is 3.84. The second kappa shape index (κ2) is 8.85. The lowest BCUT2D eigenvalue weighted by Crippen LogP contribution is -3.19. The molecule has 1 saturated carbocycles. The Bertz CT molecular complexity index is 576. The van der Waals surface area contributed by atoms with Gasteiger partial charge in [0.05, 0.1) is 12.1 Å². The lowest BCUT2D eigenvalue weighted by atomic mass is 9.78. The van der Waals surface area contributed by atoms with E-state index >= 15 is 0 Å². The van der Waals surface area contributed by atoms with E-state index < -0.39 is 5.60 Å². The molecule has 0 radical (unpaired) electrons. The summed E-state index contributed by atoms with van der Waals surface area (Å²) in [5.41, 5.74) is 0.203. The second-order valence-electron chi connectivity index (χ2n) is 8.31. The molecule has 138 valence electrons. The number of benzene rings is 1. The Morgan fingerprint density at radius 3 is 2.28 bits per heavy atom. The molecule has 1 aliphatic carbocycles. The second-order valence-corrected chi connectivity index (χ2v) is 8.31. The van der Waals surface area contributed by atoms with Crippen LogP contribution < -0.4 is 4.90 Å². The molecule has 25 heavy (non-hydrogen) atoms. The molecule has 3 nitrogen and oxygen atoms in total. The summed E-state index contributed by atoms with van der Waals surface area (Å²) in [5, 5.41) is 20.7. The highest BCUT2D eigenvalue weighted by Gasteiger charge is 2.39. The minimum atomic E-state index is -0.844. The predicted molar refractivity (Wildman–Crippen MR) is 102 cm³/mol. The average molecular weight is 345 g/mol. The molecule has 2 atom stereocenters. The van der Waals surface area contributed by atoms with Crippen LogP contribution in [0, 0.1) is 17.8 Å². The third kappa shape index (κ3) is 5.31. The zero-order valence-corrected chi connectivity index (χ0v) is 16.0. The molecule has 0 saturated heterocycles. The molecule has 2 rings (SSSR count). The predicted octanol–water partition coefficient (Wildman–Crippen LogP) is 2.13. The molecule has 3 N–H and O–H groups in total. The van der Waals surface area contributed by atoms with E-state index in [2.05, 4.69) is 32.6 Å². The maximum absolute atomic E-state index is 11.5. The van der Waals surface area contributed by atoms with E-state index in [4.69, 9.17) is 0 Å². The molecule has 1 aromatic rings. The Hall–Kier alpha value is -1.34. The zero-order chi connectivity index (χ0) is 18.3. The van der Waals surface area contributed by atoms with Gasteiger partial charge in [-0.05, 0) is 51.0 Å². The van der Waals surface area contributed by atoms with Gasteiger partial charge in [-0.15, -0.1) is 0 Å². The number of hydrogen-bond acceptors (Lipinski definition) is 2. The van der Waals surface area contributed by atoms with Gasteiger partial charge in [0.15, 0.2) is 0 Å².